The number of nitrogens with zero attached hydrogens (tertiary/aromatic N) is 1. The van der Waals surface area contributed by atoms with Gasteiger partial charge >= 0.3 is 0 Å². The maximum atomic E-state index is 13.2. The van der Waals surface area contributed by atoms with Crippen molar-refractivity contribution in [3.8, 4) is 0 Å². The first-order chi connectivity index (χ1) is 6.00. The van der Waals surface area contributed by atoms with Gasteiger partial charge in [0.1, 0.15) is 5.82 Å². The summed E-state index contributed by atoms with van der Waals surface area (Å²) in [6, 6.07) is 2.76. The summed E-state index contributed by atoms with van der Waals surface area (Å²) in [6.07, 6.45) is 0. The summed E-state index contributed by atoms with van der Waals surface area (Å²) in [4.78, 5) is 0. The number of hydrogen-bond donors (Lipinski definition) is 1. The normalized spacial score (nSPS) is 10.9. The molecular weight excluding hydrogens is 260 g/mol. The molecule has 0 saturated carbocycles. The van der Waals surface area contributed by atoms with Gasteiger partial charge in [0, 0.05) is 17.1 Å². The van der Waals surface area contributed by atoms with Crippen molar-refractivity contribution in [3.05, 3.63) is 33.0 Å². The molecule has 1 rings (SSSR count). The average molecular weight is 269 g/mol. The Morgan fingerprint density at radius 3 is 2.77 bits per heavy atom. The van der Waals surface area contributed by atoms with Crippen molar-refractivity contribution in [1.82, 2.24) is 5.06 Å². The molecule has 1 aromatic rings. The fourth-order valence-corrected chi connectivity index (χ4v) is 1.43. The van der Waals surface area contributed by atoms with Crippen LogP contribution in [0.4, 0.5) is 4.39 Å². The van der Waals surface area contributed by atoms with E-state index in [1.807, 2.05) is 0 Å². The molecule has 1 aromatic carbocycles. The SMILES string of the molecule is CN(O)Cc1cc(Cl)c(Br)cc1F. The molecule has 0 aromatic heterocycles. The van der Waals surface area contributed by atoms with Crippen molar-refractivity contribution in [2.45, 2.75) is 6.54 Å². The minimum atomic E-state index is -0.392. The minimum Gasteiger partial charge on any atom is -0.314 e. The van der Waals surface area contributed by atoms with E-state index in [0.29, 0.717) is 15.1 Å². The summed E-state index contributed by atoms with van der Waals surface area (Å²) in [7, 11) is 1.44. The van der Waals surface area contributed by atoms with Crippen LogP contribution in [0, 0.1) is 5.82 Å². The van der Waals surface area contributed by atoms with E-state index < -0.39 is 5.82 Å². The highest BCUT2D eigenvalue weighted by Crippen LogP contribution is 2.25. The smallest absolute Gasteiger partial charge is 0.129 e. The second-order valence-electron chi connectivity index (χ2n) is 2.67. The van der Waals surface area contributed by atoms with Gasteiger partial charge in [0.15, 0.2) is 0 Å². The van der Waals surface area contributed by atoms with Gasteiger partial charge in [-0.25, -0.2) is 4.39 Å². The molecule has 0 heterocycles. The lowest BCUT2D eigenvalue weighted by Gasteiger charge is -2.09. The number of benzene rings is 1. The van der Waals surface area contributed by atoms with Crippen molar-refractivity contribution < 1.29 is 9.60 Å². The topological polar surface area (TPSA) is 23.5 Å². The third-order valence-electron chi connectivity index (χ3n) is 1.49. The van der Waals surface area contributed by atoms with E-state index in [4.69, 9.17) is 16.8 Å². The quantitative estimate of drug-likeness (QED) is 0.658. The molecule has 0 aliphatic carbocycles. The lowest BCUT2D eigenvalue weighted by atomic mass is 10.2. The summed E-state index contributed by atoms with van der Waals surface area (Å²) in [6.45, 7) is 0.110. The molecular formula is C8H8BrClFNO. The standard InChI is InChI=1S/C8H8BrClFNO/c1-12(13)4-5-2-7(10)6(9)3-8(5)11/h2-3,13H,4H2,1H3. The van der Waals surface area contributed by atoms with Crippen molar-refractivity contribution >= 4 is 27.5 Å². The van der Waals surface area contributed by atoms with E-state index in [9.17, 15) is 4.39 Å². The molecule has 0 radical (unpaired) electrons. The van der Waals surface area contributed by atoms with E-state index in [1.54, 1.807) is 0 Å². The average Bonchev–Trinajstić information content (AvgIpc) is 1.99. The van der Waals surface area contributed by atoms with Gasteiger partial charge in [0.05, 0.1) is 11.6 Å². The monoisotopic (exact) mass is 267 g/mol. The summed E-state index contributed by atoms with van der Waals surface area (Å²) >= 11 is 8.85. The Kier molecular flexibility index (Phi) is 3.67. The Morgan fingerprint density at radius 2 is 2.23 bits per heavy atom. The number of halogens is 3. The van der Waals surface area contributed by atoms with Crippen LogP contribution in [-0.2, 0) is 6.54 Å². The van der Waals surface area contributed by atoms with E-state index >= 15 is 0 Å². The van der Waals surface area contributed by atoms with Crippen LogP contribution in [0.15, 0.2) is 16.6 Å². The lowest BCUT2D eigenvalue weighted by molar-refractivity contribution is -0.0738. The Bertz CT molecular complexity index is 319. The number of hydrogen-bond acceptors (Lipinski definition) is 2. The van der Waals surface area contributed by atoms with Crippen molar-refractivity contribution in [2.75, 3.05) is 7.05 Å². The Labute approximate surface area is 89.0 Å². The molecule has 0 amide bonds. The molecule has 0 atom stereocenters. The largest absolute Gasteiger partial charge is 0.314 e. The first kappa shape index (κ1) is 10.9. The van der Waals surface area contributed by atoms with Crippen molar-refractivity contribution in [3.63, 3.8) is 0 Å². The molecule has 1 N–H and O–H groups in total. The molecule has 0 saturated heterocycles. The molecule has 72 valence electrons. The first-order valence-electron chi connectivity index (χ1n) is 3.54. The zero-order chi connectivity index (χ0) is 10.0. The summed E-state index contributed by atoms with van der Waals surface area (Å²) < 4.78 is 13.7. The number of hydroxylamine groups is 2. The van der Waals surface area contributed by atoms with Crippen LogP contribution in [-0.4, -0.2) is 17.3 Å². The highest BCUT2D eigenvalue weighted by atomic mass is 79.9. The van der Waals surface area contributed by atoms with Gasteiger partial charge in [-0.1, -0.05) is 11.6 Å². The van der Waals surface area contributed by atoms with Gasteiger partial charge in [-0.2, -0.15) is 5.06 Å². The zero-order valence-corrected chi connectivity index (χ0v) is 9.23. The predicted molar refractivity (Wildman–Crippen MR) is 52.4 cm³/mol. The van der Waals surface area contributed by atoms with E-state index in [-0.39, 0.29) is 6.54 Å². The third kappa shape index (κ3) is 2.91. The highest BCUT2D eigenvalue weighted by Gasteiger charge is 2.07. The second-order valence-corrected chi connectivity index (χ2v) is 3.94. The summed E-state index contributed by atoms with van der Waals surface area (Å²) in [5.74, 6) is -0.392. The van der Waals surface area contributed by atoms with Crippen LogP contribution in [0.2, 0.25) is 5.02 Å². The molecule has 0 spiro atoms. The van der Waals surface area contributed by atoms with Gasteiger partial charge in [0.2, 0.25) is 0 Å². The maximum absolute atomic E-state index is 13.2. The Morgan fingerprint density at radius 1 is 1.62 bits per heavy atom. The summed E-state index contributed by atoms with van der Waals surface area (Å²) in [5.41, 5.74) is 0.359. The fraction of sp³-hybridized carbons (Fsp3) is 0.250. The van der Waals surface area contributed by atoms with Gasteiger partial charge < -0.3 is 5.21 Å². The van der Waals surface area contributed by atoms with Gasteiger partial charge in [-0.3, -0.25) is 0 Å². The van der Waals surface area contributed by atoms with E-state index in [2.05, 4.69) is 15.9 Å². The first-order valence-corrected chi connectivity index (χ1v) is 4.71. The summed E-state index contributed by atoms with van der Waals surface area (Å²) in [5, 5.41) is 10.2. The maximum Gasteiger partial charge on any atom is 0.129 e. The van der Waals surface area contributed by atoms with Crippen molar-refractivity contribution in [1.29, 1.82) is 0 Å². The second kappa shape index (κ2) is 4.37. The van der Waals surface area contributed by atoms with E-state index in [1.165, 1.54) is 19.2 Å². The minimum absolute atomic E-state index is 0.110. The van der Waals surface area contributed by atoms with Crippen LogP contribution in [0.3, 0.4) is 0 Å². The van der Waals surface area contributed by atoms with Gasteiger partial charge in [0.25, 0.3) is 0 Å². The molecule has 0 fully saturated rings. The lowest BCUT2D eigenvalue weighted by Crippen LogP contribution is -2.12. The van der Waals surface area contributed by atoms with Crippen LogP contribution in [0.1, 0.15) is 5.56 Å². The van der Waals surface area contributed by atoms with Crippen LogP contribution >= 0.6 is 27.5 Å². The molecule has 2 nitrogen and oxygen atoms in total. The molecule has 0 bridgehead atoms. The van der Waals surface area contributed by atoms with Gasteiger partial charge in [-0.05, 0) is 28.1 Å². The van der Waals surface area contributed by atoms with Crippen LogP contribution < -0.4 is 0 Å². The predicted octanol–water partition coefficient (Wildman–Crippen LogP) is 3.06. The highest BCUT2D eigenvalue weighted by molar-refractivity contribution is 9.10. The number of rotatable bonds is 2. The molecule has 5 heteroatoms. The fourth-order valence-electron chi connectivity index (χ4n) is 0.931. The Balaban J connectivity index is 3.01. The third-order valence-corrected chi connectivity index (χ3v) is 2.69. The van der Waals surface area contributed by atoms with Crippen LogP contribution in [0.5, 0.6) is 0 Å². The van der Waals surface area contributed by atoms with Crippen molar-refractivity contribution in [2.24, 2.45) is 0 Å². The molecule has 0 aliphatic rings. The van der Waals surface area contributed by atoms with E-state index in [0.717, 1.165) is 5.06 Å². The zero-order valence-electron chi connectivity index (χ0n) is 6.89. The molecule has 13 heavy (non-hydrogen) atoms. The Hall–Kier alpha value is -0.160. The molecule has 0 aliphatic heterocycles. The molecule has 0 unspecified atom stereocenters. The van der Waals surface area contributed by atoms with Crippen LogP contribution in [0.25, 0.3) is 0 Å². The van der Waals surface area contributed by atoms with Gasteiger partial charge in [-0.15, -0.1) is 0 Å².